The number of amides is 2. The topological polar surface area (TPSA) is 67.2 Å². The van der Waals surface area contributed by atoms with Crippen LogP contribution in [0.4, 0.5) is 26.3 Å². The number of fused-ring (bicyclic) bond motifs is 1. The van der Waals surface area contributed by atoms with Gasteiger partial charge in [0.25, 0.3) is 11.8 Å². The second-order valence-corrected chi connectivity index (χ2v) is 8.62. The lowest BCUT2D eigenvalue weighted by atomic mass is 10.0. The summed E-state index contributed by atoms with van der Waals surface area (Å²) in [5.41, 5.74) is -2.57. The fraction of sp³-hybridized carbons (Fsp3) is 0.500. The summed E-state index contributed by atoms with van der Waals surface area (Å²) in [7, 11) is 1.64. The van der Waals surface area contributed by atoms with E-state index in [1.54, 1.807) is 7.05 Å². The van der Waals surface area contributed by atoms with E-state index >= 15 is 0 Å². The van der Waals surface area contributed by atoms with Crippen LogP contribution in [0.5, 0.6) is 0 Å². The van der Waals surface area contributed by atoms with Crippen LogP contribution in [0.3, 0.4) is 0 Å². The molecule has 0 atom stereocenters. The molecule has 4 rings (SSSR count). The van der Waals surface area contributed by atoms with E-state index in [9.17, 15) is 35.9 Å². The van der Waals surface area contributed by atoms with E-state index in [1.165, 1.54) is 4.68 Å². The average Bonchev–Trinajstić information content (AvgIpc) is 3.39. The number of alkyl halides is 6. The van der Waals surface area contributed by atoms with Gasteiger partial charge in [0.1, 0.15) is 0 Å². The summed E-state index contributed by atoms with van der Waals surface area (Å²) in [5.74, 6) is -1.38. The van der Waals surface area contributed by atoms with Gasteiger partial charge in [-0.15, -0.1) is 0 Å². The van der Waals surface area contributed by atoms with Crippen molar-refractivity contribution in [2.45, 2.75) is 57.0 Å². The highest BCUT2D eigenvalue weighted by Gasteiger charge is 2.38. The molecule has 1 saturated carbocycles. The van der Waals surface area contributed by atoms with Gasteiger partial charge in [0.2, 0.25) is 0 Å². The molecule has 1 fully saturated rings. The van der Waals surface area contributed by atoms with E-state index in [4.69, 9.17) is 0 Å². The lowest BCUT2D eigenvalue weighted by Gasteiger charge is -2.28. The first kappa shape index (κ1) is 24.1. The van der Waals surface area contributed by atoms with Crippen LogP contribution in [0.1, 0.15) is 68.9 Å². The molecule has 0 unspecified atom stereocenters. The van der Waals surface area contributed by atoms with Crippen LogP contribution in [0.15, 0.2) is 18.2 Å². The fourth-order valence-electron chi connectivity index (χ4n) is 4.53. The third-order valence-corrected chi connectivity index (χ3v) is 6.27. The maximum atomic E-state index is 13.2. The highest BCUT2D eigenvalue weighted by Crippen LogP contribution is 2.37. The average molecular weight is 488 g/mol. The lowest BCUT2D eigenvalue weighted by molar-refractivity contribution is -0.143. The molecule has 0 saturated heterocycles. The van der Waals surface area contributed by atoms with Gasteiger partial charge in [0.05, 0.1) is 17.7 Å². The molecule has 2 aromatic rings. The van der Waals surface area contributed by atoms with Crippen LogP contribution < -0.4 is 5.32 Å². The molecule has 1 aromatic heterocycles. The van der Waals surface area contributed by atoms with Crippen molar-refractivity contribution in [3.05, 3.63) is 51.8 Å². The van der Waals surface area contributed by atoms with Gasteiger partial charge in [-0.25, -0.2) is 0 Å². The predicted molar refractivity (Wildman–Crippen MR) is 108 cm³/mol. The number of hydrogen-bond acceptors (Lipinski definition) is 3. The Morgan fingerprint density at radius 3 is 2.15 bits per heavy atom. The number of carbonyl (C=O) groups is 2. The Balaban J connectivity index is 1.62. The monoisotopic (exact) mass is 488 g/mol. The van der Waals surface area contributed by atoms with E-state index in [2.05, 4.69) is 10.4 Å². The summed E-state index contributed by atoms with van der Waals surface area (Å²) in [4.78, 5) is 26.9. The molecule has 184 valence electrons. The highest BCUT2D eigenvalue weighted by molar-refractivity contribution is 5.96. The van der Waals surface area contributed by atoms with Crippen molar-refractivity contribution in [1.82, 2.24) is 20.0 Å². The first-order chi connectivity index (χ1) is 15.8. The summed E-state index contributed by atoms with van der Waals surface area (Å²) in [6.07, 6.45) is -6.15. The van der Waals surface area contributed by atoms with Gasteiger partial charge in [-0.2, -0.15) is 31.4 Å². The maximum Gasteiger partial charge on any atom is 0.416 e. The zero-order chi connectivity index (χ0) is 24.8. The van der Waals surface area contributed by atoms with Gasteiger partial charge < -0.3 is 10.2 Å². The number of nitrogens with one attached hydrogen (secondary N) is 1. The number of rotatable bonds is 3. The second-order valence-electron chi connectivity index (χ2n) is 8.62. The second kappa shape index (κ2) is 8.62. The molecule has 0 bridgehead atoms. The minimum atomic E-state index is -5.06. The Morgan fingerprint density at radius 2 is 1.59 bits per heavy atom. The van der Waals surface area contributed by atoms with Gasteiger partial charge in [0, 0.05) is 42.9 Å². The molecule has 1 aliphatic heterocycles. The molecule has 0 spiro atoms. The Labute approximate surface area is 190 Å². The number of nitrogens with zero attached hydrogens (tertiary/aromatic N) is 3. The minimum absolute atomic E-state index is 0.0162. The van der Waals surface area contributed by atoms with Gasteiger partial charge in [-0.1, -0.05) is 12.8 Å². The SMILES string of the molecule is Cn1nc(C(=O)NC2CCCC2)c2c1CCN(C(=O)c1cc(C(F)(F)F)cc(C(F)(F)F)c1)C2. The van der Waals surface area contributed by atoms with Crippen LogP contribution in [0.25, 0.3) is 0 Å². The summed E-state index contributed by atoms with van der Waals surface area (Å²) in [6, 6.07) is 0.851. The van der Waals surface area contributed by atoms with Gasteiger partial charge in [-0.05, 0) is 31.0 Å². The van der Waals surface area contributed by atoms with Crippen molar-refractivity contribution in [1.29, 1.82) is 0 Å². The molecular weight excluding hydrogens is 466 g/mol. The molecule has 2 amide bonds. The number of carbonyl (C=O) groups excluding carboxylic acids is 2. The van der Waals surface area contributed by atoms with Crippen LogP contribution in [0.2, 0.25) is 0 Å². The summed E-state index contributed by atoms with van der Waals surface area (Å²) < 4.78 is 80.7. The zero-order valence-electron chi connectivity index (χ0n) is 18.2. The van der Waals surface area contributed by atoms with Crippen molar-refractivity contribution in [2.75, 3.05) is 6.54 Å². The van der Waals surface area contributed by atoms with Crippen molar-refractivity contribution < 1.29 is 35.9 Å². The van der Waals surface area contributed by atoms with Crippen LogP contribution in [-0.2, 0) is 32.4 Å². The molecular formula is C22H22F6N4O2. The Morgan fingerprint density at radius 1 is 1.00 bits per heavy atom. The van der Waals surface area contributed by atoms with Crippen LogP contribution in [-0.4, -0.2) is 39.1 Å². The largest absolute Gasteiger partial charge is 0.416 e. The molecule has 2 heterocycles. The van der Waals surface area contributed by atoms with Crippen molar-refractivity contribution >= 4 is 11.8 Å². The van der Waals surface area contributed by atoms with Crippen LogP contribution >= 0.6 is 0 Å². The van der Waals surface area contributed by atoms with E-state index < -0.39 is 40.9 Å². The third-order valence-electron chi connectivity index (χ3n) is 6.27. The predicted octanol–water partition coefficient (Wildman–Crippen LogP) is 4.33. The molecule has 12 heteroatoms. The van der Waals surface area contributed by atoms with E-state index in [-0.39, 0.29) is 37.3 Å². The molecule has 1 aliphatic carbocycles. The molecule has 1 aromatic carbocycles. The molecule has 0 radical (unpaired) electrons. The highest BCUT2D eigenvalue weighted by atomic mass is 19.4. The molecule has 2 aliphatic rings. The van der Waals surface area contributed by atoms with Crippen molar-refractivity contribution in [3.8, 4) is 0 Å². The van der Waals surface area contributed by atoms with E-state index in [1.807, 2.05) is 0 Å². The zero-order valence-corrected chi connectivity index (χ0v) is 18.2. The first-order valence-electron chi connectivity index (χ1n) is 10.8. The summed E-state index contributed by atoms with van der Waals surface area (Å²) in [6.45, 7) is -0.0837. The number of aryl methyl sites for hydroxylation is 1. The lowest BCUT2D eigenvalue weighted by Crippen LogP contribution is -2.38. The van der Waals surface area contributed by atoms with Gasteiger partial charge in [-0.3, -0.25) is 14.3 Å². The number of aromatic nitrogens is 2. The quantitative estimate of drug-likeness (QED) is 0.655. The molecule has 1 N–H and O–H groups in total. The standard InChI is InChI=1S/C22H22F6N4O2/c1-31-17-6-7-32(11-16(17)18(30-31)19(33)29-15-4-2-3-5-15)20(34)12-8-13(21(23,24)25)10-14(9-12)22(26,27)28/h8-10,15H,2-7,11H2,1H3,(H,29,33). The number of benzene rings is 1. The van der Waals surface area contributed by atoms with Crippen molar-refractivity contribution in [3.63, 3.8) is 0 Å². The molecule has 34 heavy (non-hydrogen) atoms. The summed E-state index contributed by atoms with van der Waals surface area (Å²) >= 11 is 0. The number of hydrogen-bond donors (Lipinski definition) is 1. The molecule has 6 nitrogen and oxygen atoms in total. The first-order valence-corrected chi connectivity index (χ1v) is 10.8. The van der Waals surface area contributed by atoms with E-state index in [0.717, 1.165) is 30.6 Å². The van der Waals surface area contributed by atoms with Crippen molar-refractivity contribution in [2.24, 2.45) is 7.05 Å². The van der Waals surface area contributed by atoms with Gasteiger partial charge in [0.15, 0.2) is 5.69 Å². The fourth-order valence-corrected chi connectivity index (χ4v) is 4.53. The third kappa shape index (κ3) is 4.76. The smallest absolute Gasteiger partial charge is 0.348 e. The Hall–Kier alpha value is -3.05. The van der Waals surface area contributed by atoms with E-state index in [0.29, 0.717) is 23.4 Å². The summed E-state index contributed by atoms with van der Waals surface area (Å²) in [5, 5.41) is 7.18. The van der Waals surface area contributed by atoms with Gasteiger partial charge >= 0.3 is 12.4 Å². The van der Waals surface area contributed by atoms with Crippen LogP contribution in [0, 0.1) is 0 Å². The number of halogens is 6. The Kier molecular flexibility index (Phi) is 6.11. The maximum absolute atomic E-state index is 13.2. The Bertz CT molecular complexity index is 1080. The normalized spacial score (nSPS) is 17.1. The minimum Gasteiger partial charge on any atom is -0.348 e.